The van der Waals surface area contributed by atoms with Crippen molar-refractivity contribution < 1.29 is 26.7 Å². The van der Waals surface area contributed by atoms with Gasteiger partial charge in [-0.05, 0) is 17.7 Å². The number of halogens is 7. The highest BCUT2D eigenvalue weighted by Crippen LogP contribution is 2.37. The number of nitrogens with zero attached hydrogens (tertiary/aromatic N) is 1. The van der Waals surface area contributed by atoms with E-state index in [1.165, 1.54) is 18.2 Å². The Hall–Kier alpha value is -1.08. The molecule has 0 fully saturated rings. The van der Waals surface area contributed by atoms with Crippen LogP contribution in [0.5, 0.6) is 0 Å². The minimum atomic E-state index is -5.93. The molecule has 0 atom stereocenters. The Labute approximate surface area is 121 Å². The van der Waals surface area contributed by atoms with Crippen LogP contribution in [0.15, 0.2) is 18.2 Å². The van der Waals surface area contributed by atoms with Crippen LogP contribution in [0.2, 0.25) is 10.0 Å². The lowest BCUT2D eigenvalue weighted by atomic mass is 10.2. The van der Waals surface area contributed by atoms with Gasteiger partial charge in [-0.1, -0.05) is 29.3 Å². The van der Waals surface area contributed by atoms with Crippen LogP contribution < -0.4 is 0 Å². The molecule has 0 radical (unpaired) electrons. The molecule has 9 heteroatoms. The van der Waals surface area contributed by atoms with E-state index in [1.54, 1.807) is 0 Å². The summed E-state index contributed by atoms with van der Waals surface area (Å²) in [7, 11) is 0.838. The third-order valence-electron chi connectivity index (χ3n) is 2.38. The molecule has 0 N–H and O–H groups in total. The Bertz CT molecular complexity index is 518. The van der Waals surface area contributed by atoms with Crippen LogP contribution in [0.1, 0.15) is 5.56 Å². The van der Waals surface area contributed by atoms with Crippen molar-refractivity contribution in [1.29, 1.82) is 0 Å². The molecule has 1 rings (SSSR count). The Balaban J connectivity index is 2.88. The number of benzene rings is 1. The Morgan fingerprint density at radius 3 is 2.15 bits per heavy atom. The Kier molecular flexibility index (Phi) is 4.86. The predicted octanol–water partition coefficient (Wildman–Crippen LogP) is 4.15. The van der Waals surface area contributed by atoms with Gasteiger partial charge in [0.2, 0.25) is 0 Å². The van der Waals surface area contributed by atoms with Crippen molar-refractivity contribution in [1.82, 2.24) is 4.90 Å². The maximum absolute atomic E-state index is 12.9. The van der Waals surface area contributed by atoms with E-state index in [-0.39, 0.29) is 20.5 Å². The molecule has 0 aromatic heterocycles. The van der Waals surface area contributed by atoms with E-state index in [2.05, 4.69) is 0 Å². The van der Waals surface area contributed by atoms with Crippen molar-refractivity contribution in [3.05, 3.63) is 33.8 Å². The molecular weight excluding hydrogens is 328 g/mol. The van der Waals surface area contributed by atoms with Crippen molar-refractivity contribution in [3.8, 4) is 0 Å². The zero-order valence-electron chi connectivity index (χ0n) is 9.94. The van der Waals surface area contributed by atoms with Gasteiger partial charge in [0.25, 0.3) is 0 Å². The minimum Gasteiger partial charge on any atom is -0.336 e. The van der Waals surface area contributed by atoms with Crippen LogP contribution in [0, 0.1) is 0 Å². The van der Waals surface area contributed by atoms with E-state index >= 15 is 0 Å². The lowest BCUT2D eigenvalue weighted by Gasteiger charge is -2.25. The second kappa shape index (κ2) is 5.73. The molecular formula is C11H8Cl2F5NO. The highest BCUT2D eigenvalue weighted by atomic mass is 35.5. The van der Waals surface area contributed by atoms with Gasteiger partial charge in [-0.2, -0.15) is 22.0 Å². The molecule has 0 aliphatic heterocycles. The fourth-order valence-electron chi connectivity index (χ4n) is 1.34. The second-order valence-electron chi connectivity index (χ2n) is 3.98. The maximum Gasteiger partial charge on any atom is 0.463 e. The molecule has 0 saturated carbocycles. The van der Waals surface area contributed by atoms with Gasteiger partial charge in [0.1, 0.15) is 0 Å². The molecule has 20 heavy (non-hydrogen) atoms. The zero-order valence-corrected chi connectivity index (χ0v) is 11.5. The monoisotopic (exact) mass is 335 g/mol. The summed E-state index contributed by atoms with van der Waals surface area (Å²) < 4.78 is 61.9. The fraction of sp³-hybridized carbons (Fsp3) is 0.364. The smallest absolute Gasteiger partial charge is 0.336 e. The average Bonchev–Trinajstić information content (AvgIpc) is 2.31. The summed E-state index contributed by atoms with van der Waals surface area (Å²) in [5.74, 6) is -7.77. The standard InChI is InChI=1S/C11H8Cl2F5NO/c1-19(9(20)10(14,15)11(16,17)18)5-6-2-3-7(12)8(13)4-6/h2-4H,5H2,1H3. The van der Waals surface area contributed by atoms with Crippen LogP contribution in [-0.2, 0) is 11.3 Å². The number of hydrogen-bond donors (Lipinski definition) is 0. The summed E-state index contributed by atoms with van der Waals surface area (Å²) in [5.41, 5.74) is 0.272. The van der Waals surface area contributed by atoms with Crippen LogP contribution in [0.4, 0.5) is 22.0 Å². The highest BCUT2D eigenvalue weighted by Gasteiger charge is 2.64. The summed E-state index contributed by atoms with van der Waals surface area (Å²) in [6.07, 6.45) is -5.93. The molecule has 0 aliphatic carbocycles. The first kappa shape index (κ1) is 17.0. The van der Waals surface area contributed by atoms with Crippen molar-refractivity contribution in [2.75, 3.05) is 7.05 Å². The Morgan fingerprint density at radius 1 is 1.15 bits per heavy atom. The summed E-state index contributed by atoms with van der Waals surface area (Å²) in [6, 6.07) is 3.99. The largest absolute Gasteiger partial charge is 0.463 e. The molecule has 1 aromatic carbocycles. The number of carbonyl (C=O) groups is 1. The molecule has 112 valence electrons. The summed E-state index contributed by atoms with van der Waals surface area (Å²) in [6.45, 7) is -0.457. The molecule has 0 spiro atoms. The van der Waals surface area contributed by atoms with Gasteiger partial charge in [-0.25, -0.2) is 0 Å². The van der Waals surface area contributed by atoms with Crippen LogP contribution in [0.25, 0.3) is 0 Å². The SMILES string of the molecule is CN(Cc1ccc(Cl)c(Cl)c1)C(=O)C(F)(F)C(F)(F)F. The highest BCUT2D eigenvalue weighted by molar-refractivity contribution is 6.42. The molecule has 0 bridgehead atoms. The van der Waals surface area contributed by atoms with Crippen molar-refractivity contribution in [2.45, 2.75) is 18.6 Å². The minimum absolute atomic E-state index is 0.104. The second-order valence-corrected chi connectivity index (χ2v) is 4.80. The number of alkyl halides is 5. The zero-order chi connectivity index (χ0) is 15.7. The normalized spacial score (nSPS) is 12.4. The van der Waals surface area contributed by atoms with Gasteiger partial charge in [-0.15, -0.1) is 0 Å². The van der Waals surface area contributed by atoms with Crippen LogP contribution >= 0.6 is 23.2 Å². The Morgan fingerprint density at radius 2 is 1.70 bits per heavy atom. The molecule has 0 saturated heterocycles. The van der Waals surface area contributed by atoms with Gasteiger partial charge in [-0.3, -0.25) is 4.79 Å². The molecule has 1 aromatic rings. The number of rotatable bonds is 3. The molecule has 0 unspecified atom stereocenters. The third-order valence-corrected chi connectivity index (χ3v) is 3.11. The van der Waals surface area contributed by atoms with Crippen molar-refractivity contribution >= 4 is 29.1 Å². The summed E-state index contributed by atoms with van der Waals surface area (Å²) in [5, 5.41) is 0.303. The van der Waals surface area contributed by atoms with E-state index < -0.39 is 24.6 Å². The number of amides is 1. The first-order chi connectivity index (χ1) is 8.96. The number of hydrogen-bond acceptors (Lipinski definition) is 1. The van der Waals surface area contributed by atoms with Gasteiger partial charge in [0.15, 0.2) is 0 Å². The van der Waals surface area contributed by atoms with Gasteiger partial charge in [0.05, 0.1) is 10.0 Å². The lowest BCUT2D eigenvalue weighted by Crippen LogP contribution is -2.50. The molecule has 2 nitrogen and oxygen atoms in total. The lowest BCUT2D eigenvalue weighted by molar-refractivity contribution is -0.274. The molecule has 0 aliphatic rings. The van der Waals surface area contributed by atoms with E-state index in [0.717, 1.165) is 7.05 Å². The van der Waals surface area contributed by atoms with E-state index in [4.69, 9.17) is 23.2 Å². The maximum atomic E-state index is 12.9. The molecule has 1 amide bonds. The summed E-state index contributed by atoms with van der Waals surface area (Å²) in [4.78, 5) is 11.4. The summed E-state index contributed by atoms with van der Waals surface area (Å²) >= 11 is 11.3. The van der Waals surface area contributed by atoms with Gasteiger partial charge >= 0.3 is 18.0 Å². The fourth-order valence-corrected chi connectivity index (χ4v) is 1.67. The molecule has 0 heterocycles. The predicted molar refractivity (Wildman–Crippen MR) is 63.9 cm³/mol. The van der Waals surface area contributed by atoms with E-state index in [9.17, 15) is 26.7 Å². The van der Waals surface area contributed by atoms with Gasteiger partial charge in [0, 0.05) is 13.6 Å². The first-order valence-electron chi connectivity index (χ1n) is 5.11. The third kappa shape index (κ3) is 3.52. The van der Waals surface area contributed by atoms with E-state index in [1.807, 2.05) is 0 Å². The van der Waals surface area contributed by atoms with Gasteiger partial charge < -0.3 is 4.90 Å². The van der Waals surface area contributed by atoms with E-state index in [0.29, 0.717) is 0 Å². The number of carbonyl (C=O) groups excluding carboxylic acids is 1. The van der Waals surface area contributed by atoms with Crippen LogP contribution in [-0.4, -0.2) is 30.0 Å². The van der Waals surface area contributed by atoms with Crippen LogP contribution in [0.3, 0.4) is 0 Å². The first-order valence-corrected chi connectivity index (χ1v) is 5.86. The van der Waals surface area contributed by atoms with Crippen molar-refractivity contribution in [2.24, 2.45) is 0 Å². The quantitative estimate of drug-likeness (QED) is 0.760. The topological polar surface area (TPSA) is 20.3 Å². The average molecular weight is 336 g/mol. The van der Waals surface area contributed by atoms with Crippen molar-refractivity contribution in [3.63, 3.8) is 0 Å².